The van der Waals surface area contributed by atoms with Gasteiger partial charge in [-0.15, -0.1) is 11.6 Å². The molecule has 1 rings (SSSR count). The number of carbonyl (C=O) groups excluding carboxylic acids is 1. The van der Waals surface area contributed by atoms with E-state index in [-0.39, 0.29) is 11.5 Å². The Bertz CT molecular complexity index is 340. The van der Waals surface area contributed by atoms with E-state index in [9.17, 15) is 13.6 Å². The molecule has 0 unspecified atom stereocenters. The highest BCUT2D eigenvalue weighted by Gasteiger charge is 2.06. The van der Waals surface area contributed by atoms with Crippen molar-refractivity contribution in [2.24, 2.45) is 0 Å². The Balaban J connectivity index is 2.51. The summed E-state index contributed by atoms with van der Waals surface area (Å²) in [6, 6.07) is 5.50. The van der Waals surface area contributed by atoms with E-state index >= 15 is 0 Å². The summed E-state index contributed by atoms with van der Waals surface area (Å²) in [6.45, 7) is 0. The third kappa shape index (κ3) is 4.14. The maximum atomic E-state index is 12.2. The average molecular weight is 248 g/mol. The number of hydrogen-bond acceptors (Lipinski definition) is 1. The summed E-state index contributed by atoms with van der Waals surface area (Å²) in [5.74, 6) is 0.267. The summed E-state index contributed by atoms with van der Waals surface area (Å²) in [6.07, 6.45) is -1.55. The molecule has 0 aromatic heterocycles. The standard InChI is InChI=1S/C11H12ClF2NO/c12-7-1-2-10(16)15-9-5-3-8(4-6-9)11(13)14/h3-6,11H,1-2,7H2,(H,15,16). The van der Waals surface area contributed by atoms with Crippen LogP contribution in [0.5, 0.6) is 0 Å². The van der Waals surface area contributed by atoms with E-state index in [1.54, 1.807) is 0 Å². The SMILES string of the molecule is O=C(CCCCl)Nc1ccc(C(F)F)cc1. The third-order valence-corrected chi connectivity index (χ3v) is 2.25. The Morgan fingerprint density at radius 3 is 2.44 bits per heavy atom. The van der Waals surface area contributed by atoms with Crippen molar-refractivity contribution in [2.75, 3.05) is 11.2 Å². The van der Waals surface area contributed by atoms with E-state index in [1.807, 2.05) is 0 Å². The zero-order chi connectivity index (χ0) is 12.0. The summed E-state index contributed by atoms with van der Waals surface area (Å²) in [5.41, 5.74) is 0.461. The number of halogens is 3. The molecule has 0 heterocycles. The van der Waals surface area contributed by atoms with E-state index in [1.165, 1.54) is 24.3 Å². The molecular weight excluding hydrogens is 236 g/mol. The molecule has 2 nitrogen and oxygen atoms in total. The van der Waals surface area contributed by atoms with Crippen molar-refractivity contribution in [2.45, 2.75) is 19.3 Å². The number of nitrogens with one attached hydrogen (secondary N) is 1. The fraction of sp³-hybridized carbons (Fsp3) is 0.364. The molecule has 1 aromatic carbocycles. The van der Waals surface area contributed by atoms with E-state index in [2.05, 4.69) is 5.32 Å². The van der Waals surface area contributed by atoms with Gasteiger partial charge in [0.15, 0.2) is 0 Å². The Morgan fingerprint density at radius 1 is 1.31 bits per heavy atom. The first-order valence-electron chi connectivity index (χ1n) is 4.87. The normalized spacial score (nSPS) is 10.5. The largest absolute Gasteiger partial charge is 0.326 e. The second-order valence-electron chi connectivity index (χ2n) is 3.26. The van der Waals surface area contributed by atoms with Gasteiger partial charge in [-0.05, 0) is 18.6 Å². The van der Waals surface area contributed by atoms with Crippen molar-refractivity contribution < 1.29 is 13.6 Å². The number of amides is 1. The van der Waals surface area contributed by atoms with Crippen LogP contribution in [0.4, 0.5) is 14.5 Å². The number of hydrogen-bond donors (Lipinski definition) is 1. The van der Waals surface area contributed by atoms with E-state index < -0.39 is 6.43 Å². The lowest BCUT2D eigenvalue weighted by Gasteiger charge is -2.05. The second kappa shape index (κ2) is 6.43. The van der Waals surface area contributed by atoms with Gasteiger partial charge in [0.25, 0.3) is 6.43 Å². The van der Waals surface area contributed by atoms with Gasteiger partial charge in [-0.1, -0.05) is 12.1 Å². The minimum atomic E-state index is -2.49. The molecule has 0 aliphatic rings. The van der Waals surface area contributed by atoms with Crippen LogP contribution in [0.1, 0.15) is 24.8 Å². The van der Waals surface area contributed by atoms with Crippen molar-refractivity contribution in [3.05, 3.63) is 29.8 Å². The van der Waals surface area contributed by atoms with Gasteiger partial charge in [-0.2, -0.15) is 0 Å². The minimum Gasteiger partial charge on any atom is -0.326 e. The zero-order valence-electron chi connectivity index (χ0n) is 8.55. The molecule has 0 radical (unpaired) electrons. The molecule has 0 aliphatic heterocycles. The number of carbonyl (C=O) groups is 1. The van der Waals surface area contributed by atoms with Crippen molar-refractivity contribution in [1.29, 1.82) is 0 Å². The van der Waals surface area contributed by atoms with Gasteiger partial charge in [0.05, 0.1) is 0 Å². The first-order valence-corrected chi connectivity index (χ1v) is 5.41. The van der Waals surface area contributed by atoms with Gasteiger partial charge >= 0.3 is 0 Å². The van der Waals surface area contributed by atoms with E-state index in [4.69, 9.17) is 11.6 Å². The van der Waals surface area contributed by atoms with Crippen LogP contribution in [0.25, 0.3) is 0 Å². The molecule has 0 aliphatic carbocycles. The van der Waals surface area contributed by atoms with Crippen LogP contribution >= 0.6 is 11.6 Å². The average Bonchev–Trinajstić information content (AvgIpc) is 2.27. The molecule has 1 amide bonds. The Morgan fingerprint density at radius 2 is 1.94 bits per heavy atom. The van der Waals surface area contributed by atoms with Crippen LogP contribution in [-0.4, -0.2) is 11.8 Å². The molecule has 0 saturated carbocycles. The lowest BCUT2D eigenvalue weighted by Crippen LogP contribution is -2.11. The molecule has 5 heteroatoms. The third-order valence-electron chi connectivity index (χ3n) is 1.98. The molecule has 0 bridgehead atoms. The first kappa shape index (κ1) is 12.9. The Hall–Kier alpha value is -1.16. The van der Waals surface area contributed by atoms with Gasteiger partial charge < -0.3 is 5.32 Å². The summed E-state index contributed by atoms with van der Waals surface area (Å²) in [4.78, 5) is 11.3. The molecule has 0 spiro atoms. The summed E-state index contributed by atoms with van der Waals surface area (Å²) < 4.78 is 24.5. The number of benzene rings is 1. The molecule has 1 aromatic rings. The van der Waals surface area contributed by atoms with Crippen molar-refractivity contribution >= 4 is 23.2 Å². The Labute approximate surface area is 97.6 Å². The number of rotatable bonds is 5. The van der Waals surface area contributed by atoms with Crippen LogP contribution in [-0.2, 0) is 4.79 Å². The van der Waals surface area contributed by atoms with Crippen LogP contribution in [0.2, 0.25) is 0 Å². The fourth-order valence-electron chi connectivity index (χ4n) is 1.16. The fourth-order valence-corrected chi connectivity index (χ4v) is 1.30. The summed E-state index contributed by atoms with van der Waals surface area (Å²) >= 11 is 5.44. The van der Waals surface area contributed by atoms with Gasteiger partial charge in [0.2, 0.25) is 5.91 Å². The molecule has 88 valence electrons. The molecule has 0 fully saturated rings. The minimum absolute atomic E-state index is 0.0567. The predicted molar refractivity (Wildman–Crippen MR) is 60.0 cm³/mol. The summed E-state index contributed by atoms with van der Waals surface area (Å²) in [7, 11) is 0. The Kier molecular flexibility index (Phi) is 5.19. The lowest BCUT2D eigenvalue weighted by atomic mass is 10.2. The van der Waals surface area contributed by atoms with E-state index in [0.29, 0.717) is 24.4 Å². The van der Waals surface area contributed by atoms with Crippen molar-refractivity contribution in [3.8, 4) is 0 Å². The zero-order valence-corrected chi connectivity index (χ0v) is 9.31. The molecule has 1 N–H and O–H groups in total. The van der Waals surface area contributed by atoms with Crippen LogP contribution in [0.15, 0.2) is 24.3 Å². The monoisotopic (exact) mass is 247 g/mol. The number of anilines is 1. The topological polar surface area (TPSA) is 29.1 Å². The highest BCUT2D eigenvalue weighted by molar-refractivity contribution is 6.18. The van der Waals surface area contributed by atoms with Crippen LogP contribution in [0.3, 0.4) is 0 Å². The second-order valence-corrected chi connectivity index (χ2v) is 3.64. The quantitative estimate of drug-likeness (QED) is 0.792. The van der Waals surface area contributed by atoms with Gasteiger partial charge in [-0.3, -0.25) is 4.79 Å². The molecule has 16 heavy (non-hydrogen) atoms. The first-order chi connectivity index (χ1) is 7.63. The maximum absolute atomic E-state index is 12.2. The van der Waals surface area contributed by atoms with Gasteiger partial charge in [0.1, 0.15) is 0 Å². The molecule has 0 saturated heterocycles. The highest BCUT2D eigenvalue weighted by Crippen LogP contribution is 2.20. The number of alkyl halides is 3. The maximum Gasteiger partial charge on any atom is 0.263 e. The lowest BCUT2D eigenvalue weighted by molar-refractivity contribution is -0.116. The molecular formula is C11H12ClF2NO. The smallest absolute Gasteiger partial charge is 0.263 e. The highest BCUT2D eigenvalue weighted by atomic mass is 35.5. The van der Waals surface area contributed by atoms with Crippen molar-refractivity contribution in [1.82, 2.24) is 0 Å². The molecule has 0 atom stereocenters. The van der Waals surface area contributed by atoms with E-state index in [0.717, 1.165) is 0 Å². The van der Waals surface area contributed by atoms with Gasteiger partial charge in [-0.25, -0.2) is 8.78 Å². The van der Waals surface area contributed by atoms with Crippen LogP contribution < -0.4 is 5.32 Å². The van der Waals surface area contributed by atoms with Crippen LogP contribution in [0, 0.1) is 0 Å². The van der Waals surface area contributed by atoms with Crippen molar-refractivity contribution in [3.63, 3.8) is 0 Å². The van der Waals surface area contributed by atoms with Gasteiger partial charge in [0, 0.05) is 23.6 Å². The summed E-state index contributed by atoms with van der Waals surface area (Å²) in [5, 5.41) is 2.60. The predicted octanol–water partition coefficient (Wildman–Crippen LogP) is 3.58.